The Kier molecular flexibility index (Phi) is 3.15. The van der Waals surface area contributed by atoms with E-state index < -0.39 is 12.0 Å². The van der Waals surface area contributed by atoms with Gasteiger partial charge in [0, 0.05) is 10.4 Å². The summed E-state index contributed by atoms with van der Waals surface area (Å²) in [6.45, 7) is 1.56. The number of hydrogen-bond donors (Lipinski definition) is 2. The average molecular weight is 251 g/mol. The average Bonchev–Trinajstić information content (AvgIpc) is 2.28. The lowest BCUT2D eigenvalue weighted by atomic mass is 10.2. The maximum atomic E-state index is 10.7. The minimum Gasteiger partial charge on any atom is -0.480 e. The number of aromatic nitrogens is 1. The molecule has 0 aliphatic rings. The van der Waals surface area contributed by atoms with E-state index in [9.17, 15) is 4.79 Å². The van der Waals surface area contributed by atoms with E-state index in [1.54, 1.807) is 25.1 Å². The summed E-state index contributed by atoms with van der Waals surface area (Å²) in [5, 5.41) is 13.2. The van der Waals surface area contributed by atoms with Crippen molar-refractivity contribution in [1.82, 2.24) is 4.98 Å². The number of pyridine rings is 1. The van der Waals surface area contributed by atoms with Crippen molar-refractivity contribution < 1.29 is 9.90 Å². The maximum Gasteiger partial charge on any atom is 0.325 e. The van der Waals surface area contributed by atoms with Gasteiger partial charge in [-0.2, -0.15) is 0 Å². The highest BCUT2D eigenvalue weighted by molar-refractivity contribution is 6.31. The van der Waals surface area contributed by atoms with Gasteiger partial charge in [0.2, 0.25) is 0 Å². The molecule has 88 valence electrons. The van der Waals surface area contributed by atoms with Crippen LogP contribution < -0.4 is 5.32 Å². The van der Waals surface area contributed by atoms with E-state index in [1.165, 1.54) is 0 Å². The van der Waals surface area contributed by atoms with Crippen molar-refractivity contribution >= 4 is 34.3 Å². The van der Waals surface area contributed by atoms with Crippen LogP contribution in [0.15, 0.2) is 30.3 Å². The number of carboxylic acids is 1. The number of fused-ring (bicyclic) bond motifs is 1. The Bertz CT molecular complexity index is 571. The van der Waals surface area contributed by atoms with E-state index >= 15 is 0 Å². The van der Waals surface area contributed by atoms with E-state index in [-0.39, 0.29) is 0 Å². The zero-order chi connectivity index (χ0) is 12.4. The molecule has 0 spiro atoms. The Hall–Kier alpha value is -1.81. The van der Waals surface area contributed by atoms with Gasteiger partial charge in [0.1, 0.15) is 11.9 Å². The third-order valence-electron chi connectivity index (χ3n) is 2.39. The molecule has 0 bridgehead atoms. The fraction of sp³-hybridized carbons (Fsp3) is 0.167. The summed E-state index contributed by atoms with van der Waals surface area (Å²) in [7, 11) is 0. The van der Waals surface area contributed by atoms with Crippen LogP contribution in [0, 0.1) is 0 Å². The molecule has 0 radical (unpaired) electrons. The SMILES string of the molecule is CC(Nc1ccc2ccc(Cl)cc2n1)C(=O)O. The zero-order valence-corrected chi connectivity index (χ0v) is 9.90. The van der Waals surface area contributed by atoms with Crippen LogP contribution in [0.4, 0.5) is 5.82 Å². The van der Waals surface area contributed by atoms with Crippen molar-refractivity contribution in [2.45, 2.75) is 13.0 Å². The minimum absolute atomic E-state index is 0.523. The van der Waals surface area contributed by atoms with Gasteiger partial charge in [-0.3, -0.25) is 4.79 Å². The van der Waals surface area contributed by atoms with Gasteiger partial charge < -0.3 is 10.4 Å². The molecule has 1 atom stereocenters. The lowest BCUT2D eigenvalue weighted by Gasteiger charge is -2.10. The molecular weight excluding hydrogens is 240 g/mol. The number of carboxylic acid groups (broad SMARTS) is 1. The van der Waals surface area contributed by atoms with Crippen molar-refractivity contribution in [3.63, 3.8) is 0 Å². The molecule has 0 saturated carbocycles. The number of nitrogens with one attached hydrogen (secondary N) is 1. The second-order valence-electron chi connectivity index (χ2n) is 3.74. The highest BCUT2D eigenvalue weighted by atomic mass is 35.5. The summed E-state index contributed by atoms with van der Waals surface area (Å²) in [6.07, 6.45) is 0. The van der Waals surface area contributed by atoms with Crippen LogP contribution in [0.2, 0.25) is 5.02 Å². The van der Waals surface area contributed by atoms with Crippen molar-refractivity contribution in [2.24, 2.45) is 0 Å². The van der Waals surface area contributed by atoms with Gasteiger partial charge in [-0.15, -0.1) is 0 Å². The van der Waals surface area contributed by atoms with E-state index in [4.69, 9.17) is 16.7 Å². The largest absolute Gasteiger partial charge is 0.480 e. The minimum atomic E-state index is -0.919. The molecule has 0 saturated heterocycles. The van der Waals surface area contributed by atoms with Crippen LogP contribution >= 0.6 is 11.6 Å². The van der Waals surface area contributed by atoms with Crippen LogP contribution in [0.3, 0.4) is 0 Å². The number of halogens is 1. The van der Waals surface area contributed by atoms with Gasteiger partial charge in [0.25, 0.3) is 0 Å². The first-order chi connectivity index (χ1) is 8.06. The van der Waals surface area contributed by atoms with Crippen molar-refractivity contribution in [3.8, 4) is 0 Å². The first-order valence-electron chi connectivity index (χ1n) is 5.12. The third kappa shape index (κ3) is 2.65. The Morgan fingerprint density at radius 3 is 2.82 bits per heavy atom. The van der Waals surface area contributed by atoms with Gasteiger partial charge >= 0.3 is 5.97 Å². The summed E-state index contributed by atoms with van der Waals surface area (Å²) < 4.78 is 0. The number of rotatable bonds is 3. The summed E-state index contributed by atoms with van der Waals surface area (Å²) >= 11 is 5.87. The fourth-order valence-corrected chi connectivity index (χ4v) is 1.62. The predicted molar refractivity (Wildman–Crippen MR) is 67.5 cm³/mol. The molecule has 1 unspecified atom stereocenters. The summed E-state index contributed by atoms with van der Waals surface area (Å²) in [6, 6.07) is 8.34. The molecule has 4 nitrogen and oxygen atoms in total. The van der Waals surface area contributed by atoms with Crippen LogP contribution in [0.5, 0.6) is 0 Å². The molecule has 1 aromatic carbocycles. The van der Waals surface area contributed by atoms with Gasteiger partial charge in [-0.1, -0.05) is 17.7 Å². The highest BCUT2D eigenvalue weighted by Gasteiger charge is 2.10. The molecule has 2 aromatic rings. The Morgan fingerprint density at radius 2 is 2.12 bits per heavy atom. The number of nitrogens with zero attached hydrogens (tertiary/aromatic N) is 1. The summed E-state index contributed by atoms with van der Waals surface area (Å²) in [5.41, 5.74) is 0.736. The van der Waals surface area contributed by atoms with Crippen molar-refractivity contribution in [3.05, 3.63) is 35.4 Å². The monoisotopic (exact) mass is 250 g/mol. The first kappa shape index (κ1) is 11.7. The van der Waals surface area contributed by atoms with Gasteiger partial charge in [0.05, 0.1) is 5.52 Å². The van der Waals surface area contributed by atoms with E-state index in [0.29, 0.717) is 10.8 Å². The summed E-state index contributed by atoms with van der Waals surface area (Å²) in [4.78, 5) is 15.0. The predicted octanol–water partition coefficient (Wildman–Crippen LogP) is 2.77. The number of aliphatic carboxylic acids is 1. The molecular formula is C12H11ClN2O2. The Morgan fingerprint density at radius 1 is 1.41 bits per heavy atom. The van der Waals surface area contributed by atoms with Gasteiger partial charge in [0.15, 0.2) is 0 Å². The smallest absolute Gasteiger partial charge is 0.325 e. The second kappa shape index (κ2) is 4.59. The number of anilines is 1. The van der Waals surface area contributed by atoms with Crippen LogP contribution in [-0.4, -0.2) is 22.1 Å². The Labute approximate surface area is 103 Å². The van der Waals surface area contributed by atoms with E-state index in [1.807, 2.05) is 12.1 Å². The Balaban J connectivity index is 2.33. The molecule has 0 amide bonds. The lowest BCUT2D eigenvalue weighted by Crippen LogP contribution is -2.25. The molecule has 1 aromatic heterocycles. The maximum absolute atomic E-state index is 10.7. The normalized spacial score (nSPS) is 12.4. The molecule has 1 heterocycles. The molecule has 5 heteroatoms. The second-order valence-corrected chi connectivity index (χ2v) is 4.17. The third-order valence-corrected chi connectivity index (χ3v) is 2.62. The number of benzene rings is 1. The van der Waals surface area contributed by atoms with Gasteiger partial charge in [-0.05, 0) is 31.2 Å². The molecule has 0 fully saturated rings. The molecule has 2 N–H and O–H groups in total. The molecule has 2 rings (SSSR count). The standard InChI is InChI=1S/C12H11ClN2O2/c1-7(12(16)17)14-11-5-3-8-2-4-9(13)6-10(8)15-11/h2-7H,1H3,(H,14,15)(H,16,17). The number of hydrogen-bond acceptors (Lipinski definition) is 3. The van der Waals surface area contributed by atoms with Crippen molar-refractivity contribution in [2.75, 3.05) is 5.32 Å². The molecule has 0 aliphatic carbocycles. The van der Waals surface area contributed by atoms with E-state index in [2.05, 4.69) is 10.3 Å². The number of carbonyl (C=O) groups is 1. The van der Waals surface area contributed by atoms with E-state index in [0.717, 1.165) is 10.9 Å². The van der Waals surface area contributed by atoms with Crippen LogP contribution in [-0.2, 0) is 4.79 Å². The fourth-order valence-electron chi connectivity index (χ4n) is 1.45. The lowest BCUT2D eigenvalue weighted by molar-refractivity contribution is -0.137. The van der Waals surface area contributed by atoms with Crippen molar-refractivity contribution in [1.29, 1.82) is 0 Å². The van der Waals surface area contributed by atoms with Crippen LogP contribution in [0.25, 0.3) is 10.9 Å². The quantitative estimate of drug-likeness (QED) is 0.879. The highest BCUT2D eigenvalue weighted by Crippen LogP contribution is 2.19. The summed E-state index contributed by atoms with van der Waals surface area (Å²) in [5.74, 6) is -0.396. The van der Waals surface area contributed by atoms with Crippen LogP contribution in [0.1, 0.15) is 6.92 Å². The van der Waals surface area contributed by atoms with Gasteiger partial charge in [-0.25, -0.2) is 4.98 Å². The first-order valence-corrected chi connectivity index (χ1v) is 5.50. The zero-order valence-electron chi connectivity index (χ0n) is 9.14. The molecule has 17 heavy (non-hydrogen) atoms. The molecule has 0 aliphatic heterocycles. The topological polar surface area (TPSA) is 62.2 Å².